The van der Waals surface area contributed by atoms with Crippen LogP contribution in [0.1, 0.15) is 12.5 Å². The molecule has 1 aromatic carbocycles. The van der Waals surface area contributed by atoms with Gasteiger partial charge in [0, 0.05) is 10.7 Å². The van der Waals surface area contributed by atoms with Gasteiger partial charge in [0.2, 0.25) is 0 Å². The van der Waals surface area contributed by atoms with Gasteiger partial charge in [-0.25, -0.2) is 0 Å². The number of benzene rings is 1. The highest BCUT2D eigenvalue weighted by molar-refractivity contribution is 7.17. The van der Waals surface area contributed by atoms with Crippen molar-refractivity contribution in [3.05, 3.63) is 29.1 Å². The molecule has 86 valence electrons. The van der Waals surface area contributed by atoms with E-state index in [0.717, 1.165) is 12.2 Å². The van der Waals surface area contributed by atoms with Crippen molar-refractivity contribution in [2.75, 3.05) is 14.2 Å². The molecule has 0 bridgehead atoms. The highest BCUT2D eigenvalue weighted by Gasteiger charge is 2.08. The number of methoxy groups -OCH3 is 1. The van der Waals surface area contributed by atoms with Crippen molar-refractivity contribution in [1.82, 2.24) is 5.32 Å². The molecule has 0 fully saturated rings. The van der Waals surface area contributed by atoms with Gasteiger partial charge in [0.1, 0.15) is 5.75 Å². The van der Waals surface area contributed by atoms with Crippen LogP contribution < -0.4 is 10.1 Å². The van der Waals surface area contributed by atoms with Crippen LogP contribution in [0.4, 0.5) is 0 Å². The summed E-state index contributed by atoms with van der Waals surface area (Å²) in [6, 6.07) is 6.78. The van der Waals surface area contributed by atoms with Crippen molar-refractivity contribution in [2.24, 2.45) is 0 Å². The number of likely N-dealkylation sites (N-methyl/N-ethyl adjacent to an activating group) is 1. The molecule has 0 saturated carbocycles. The number of thiophene rings is 1. The lowest BCUT2D eigenvalue weighted by molar-refractivity contribution is 0.415. The second-order valence-electron chi connectivity index (χ2n) is 4.02. The lowest BCUT2D eigenvalue weighted by atomic mass is 10.1. The van der Waals surface area contributed by atoms with Crippen molar-refractivity contribution in [1.29, 1.82) is 0 Å². The Morgan fingerprint density at radius 2 is 2.25 bits per heavy atom. The minimum Gasteiger partial charge on any atom is -0.497 e. The summed E-state index contributed by atoms with van der Waals surface area (Å²) in [6.07, 6.45) is 1.06. The summed E-state index contributed by atoms with van der Waals surface area (Å²) in [5.74, 6) is 0.935. The smallest absolute Gasteiger partial charge is 0.119 e. The van der Waals surface area contributed by atoms with E-state index in [4.69, 9.17) is 4.74 Å². The average molecular weight is 235 g/mol. The number of nitrogens with one attached hydrogen (secondary N) is 1. The number of ether oxygens (including phenoxy) is 1. The maximum absolute atomic E-state index is 5.27. The molecule has 1 atom stereocenters. The Labute approximate surface area is 100 Å². The molecule has 1 aromatic heterocycles. The molecule has 2 aromatic rings. The van der Waals surface area contributed by atoms with Gasteiger partial charge >= 0.3 is 0 Å². The van der Waals surface area contributed by atoms with Crippen molar-refractivity contribution in [3.63, 3.8) is 0 Å². The van der Waals surface area contributed by atoms with Gasteiger partial charge in [-0.1, -0.05) is 0 Å². The van der Waals surface area contributed by atoms with Gasteiger partial charge in [-0.2, -0.15) is 0 Å². The fourth-order valence-corrected chi connectivity index (χ4v) is 2.73. The highest BCUT2D eigenvalue weighted by atomic mass is 32.1. The van der Waals surface area contributed by atoms with Gasteiger partial charge in [0.15, 0.2) is 0 Å². The van der Waals surface area contributed by atoms with E-state index in [-0.39, 0.29) is 0 Å². The molecule has 16 heavy (non-hydrogen) atoms. The first-order chi connectivity index (χ1) is 7.74. The monoisotopic (exact) mass is 235 g/mol. The Bertz CT molecular complexity index is 478. The maximum Gasteiger partial charge on any atom is 0.119 e. The van der Waals surface area contributed by atoms with Crippen LogP contribution in [-0.2, 0) is 6.42 Å². The van der Waals surface area contributed by atoms with Crippen LogP contribution in [0.2, 0.25) is 0 Å². The van der Waals surface area contributed by atoms with E-state index >= 15 is 0 Å². The third-order valence-electron chi connectivity index (χ3n) is 2.88. The molecular weight excluding hydrogens is 218 g/mol. The quantitative estimate of drug-likeness (QED) is 0.879. The Morgan fingerprint density at radius 1 is 1.44 bits per heavy atom. The van der Waals surface area contributed by atoms with Crippen LogP contribution in [0.15, 0.2) is 23.6 Å². The van der Waals surface area contributed by atoms with Gasteiger partial charge < -0.3 is 10.1 Å². The first-order valence-corrected chi connectivity index (χ1v) is 6.34. The maximum atomic E-state index is 5.27. The number of rotatable bonds is 4. The number of hydrogen-bond acceptors (Lipinski definition) is 3. The van der Waals surface area contributed by atoms with E-state index in [9.17, 15) is 0 Å². The molecule has 1 N–H and O–H groups in total. The summed E-state index contributed by atoms with van der Waals surface area (Å²) in [7, 11) is 3.71. The summed E-state index contributed by atoms with van der Waals surface area (Å²) in [5, 5.41) is 6.84. The Balaban J connectivity index is 2.38. The van der Waals surface area contributed by atoms with Crippen LogP contribution in [0.25, 0.3) is 10.1 Å². The normalized spacial score (nSPS) is 12.9. The molecule has 2 rings (SSSR count). The first-order valence-electron chi connectivity index (χ1n) is 5.46. The molecule has 3 heteroatoms. The summed E-state index contributed by atoms with van der Waals surface area (Å²) in [6.45, 7) is 2.20. The van der Waals surface area contributed by atoms with Crippen LogP contribution in [-0.4, -0.2) is 20.2 Å². The third-order valence-corrected chi connectivity index (χ3v) is 3.89. The van der Waals surface area contributed by atoms with Gasteiger partial charge in [0.05, 0.1) is 7.11 Å². The van der Waals surface area contributed by atoms with Gasteiger partial charge in [-0.3, -0.25) is 0 Å². The second-order valence-corrected chi connectivity index (χ2v) is 4.93. The minimum absolute atomic E-state index is 0.504. The van der Waals surface area contributed by atoms with Gasteiger partial charge in [0.25, 0.3) is 0 Å². The zero-order valence-corrected chi connectivity index (χ0v) is 10.7. The van der Waals surface area contributed by atoms with Crippen LogP contribution in [0, 0.1) is 0 Å². The van der Waals surface area contributed by atoms with Crippen molar-refractivity contribution in [2.45, 2.75) is 19.4 Å². The number of fused-ring (bicyclic) bond motifs is 1. The van der Waals surface area contributed by atoms with E-state index in [1.807, 2.05) is 13.1 Å². The Kier molecular flexibility index (Phi) is 3.46. The molecule has 0 aliphatic carbocycles. The fraction of sp³-hybridized carbons (Fsp3) is 0.385. The second kappa shape index (κ2) is 4.85. The summed E-state index contributed by atoms with van der Waals surface area (Å²) in [5.41, 5.74) is 1.40. The predicted molar refractivity (Wildman–Crippen MR) is 70.6 cm³/mol. The zero-order chi connectivity index (χ0) is 11.5. The van der Waals surface area contributed by atoms with E-state index in [0.29, 0.717) is 6.04 Å². The molecule has 1 heterocycles. The molecule has 0 aliphatic heterocycles. The van der Waals surface area contributed by atoms with E-state index in [1.165, 1.54) is 15.6 Å². The largest absolute Gasteiger partial charge is 0.497 e. The summed E-state index contributed by atoms with van der Waals surface area (Å²) < 4.78 is 6.60. The van der Waals surface area contributed by atoms with Crippen LogP contribution in [0.5, 0.6) is 5.75 Å². The SMILES string of the molecule is CNC(C)Cc1csc2ccc(OC)cc12. The molecule has 0 radical (unpaired) electrons. The molecule has 2 nitrogen and oxygen atoms in total. The van der Waals surface area contributed by atoms with Crippen molar-refractivity contribution in [3.8, 4) is 5.75 Å². The highest BCUT2D eigenvalue weighted by Crippen LogP contribution is 2.30. The van der Waals surface area contributed by atoms with Crippen LogP contribution in [0.3, 0.4) is 0 Å². The third kappa shape index (κ3) is 2.20. The Morgan fingerprint density at radius 3 is 2.94 bits per heavy atom. The van der Waals surface area contributed by atoms with E-state index in [2.05, 4.69) is 29.8 Å². The van der Waals surface area contributed by atoms with E-state index < -0.39 is 0 Å². The fourth-order valence-electron chi connectivity index (χ4n) is 1.78. The summed E-state index contributed by atoms with van der Waals surface area (Å²) >= 11 is 1.80. The summed E-state index contributed by atoms with van der Waals surface area (Å²) in [4.78, 5) is 0. The van der Waals surface area contributed by atoms with E-state index in [1.54, 1.807) is 18.4 Å². The molecular formula is C13H17NOS. The first kappa shape index (κ1) is 11.4. The average Bonchev–Trinajstić information content (AvgIpc) is 2.71. The topological polar surface area (TPSA) is 21.3 Å². The molecule has 1 unspecified atom stereocenters. The van der Waals surface area contributed by atoms with Crippen molar-refractivity contribution >= 4 is 21.4 Å². The predicted octanol–water partition coefficient (Wildman–Crippen LogP) is 3.06. The lowest BCUT2D eigenvalue weighted by Crippen LogP contribution is -2.23. The standard InChI is InChI=1S/C13H17NOS/c1-9(14-2)6-10-8-16-13-5-4-11(15-3)7-12(10)13/h4-5,7-9,14H,6H2,1-3H3. The Hall–Kier alpha value is -1.06. The van der Waals surface area contributed by atoms with Crippen LogP contribution >= 0.6 is 11.3 Å². The zero-order valence-electron chi connectivity index (χ0n) is 9.91. The van der Waals surface area contributed by atoms with Crippen molar-refractivity contribution < 1.29 is 4.74 Å². The lowest BCUT2D eigenvalue weighted by Gasteiger charge is -2.09. The molecule has 0 spiro atoms. The van der Waals surface area contributed by atoms with Gasteiger partial charge in [-0.05, 0) is 54.9 Å². The van der Waals surface area contributed by atoms with Gasteiger partial charge in [-0.15, -0.1) is 11.3 Å². The minimum atomic E-state index is 0.504. The number of hydrogen-bond donors (Lipinski definition) is 1. The molecule has 0 amide bonds. The molecule has 0 saturated heterocycles. The molecule has 0 aliphatic rings.